The normalized spacial score (nSPS) is 15.6. The Kier molecular flexibility index (Phi) is 4.58. The number of hydrogen-bond acceptors (Lipinski definition) is 2. The lowest BCUT2D eigenvalue weighted by Gasteiger charge is -2.26. The van der Waals surface area contributed by atoms with E-state index in [1.54, 1.807) is 12.1 Å². The zero-order valence-electron chi connectivity index (χ0n) is 10.1. The van der Waals surface area contributed by atoms with Crippen molar-refractivity contribution in [3.05, 3.63) is 28.5 Å². The number of nitrogens with zero attached hydrogens (tertiary/aromatic N) is 1. The van der Waals surface area contributed by atoms with Gasteiger partial charge in [-0.05, 0) is 53.4 Å². The molecule has 0 aromatic heterocycles. The average molecular weight is 315 g/mol. The minimum atomic E-state index is -0.303. The summed E-state index contributed by atoms with van der Waals surface area (Å²) in [5.41, 5.74) is 0.744. The summed E-state index contributed by atoms with van der Waals surface area (Å²) >= 11 is 3.12. The van der Waals surface area contributed by atoms with Crippen molar-refractivity contribution >= 4 is 27.5 Å². The van der Waals surface area contributed by atoms with E-state index in [-0.39, 0.29) is 18.3 Å². The summed E-state index contributed by atoms with van der Waals surface area (Å²) in [5, 5.41) is 3.02. The Morgan fingerprint density at radius 3 is 2.72 bits per heavy atom. The van der Waals surface area contributed by atoms with E-state index in [0.717, 1.165) is 31.6 Å². The number of rotatable bonds is 3. The summed E-state index contributed by atoms with van der Waals surface area (Å²) in [5.74, 6) is -0.196. The zero-order chi connectivity index (χ0) is 13.0. The second-order valence-corrected chi connectivity index (χ2v) is 5.28. The first-order valence-electron chi connectivity index (χ1n) is 6.13. The van der Waals surface area contributed by atoms with Gasteiger partial charge in [-0.25, -0.2) is 4.39 Å². The molecule has 18 heavy (non-hydrogen) atoms. The minimum absolute atomic E-state index is 0.107. The second kappa shape index (κ2) is 6.18. The molecule has 0 spiro atoms. The molecule has 3 nitrogen and oxygen atoms in total. The predicted molar refractivity (Wildman–Crippen MR) is 73.0 cm³/mol. The molecular weight excluding hydrogens is 299 g/mol. The fourth-order valence-corrected chi connectivity index (χ4v) is 2.42. The van der Waals surface area contributed by atoms with Crippen LogP contribution in [0, 0.1) is 5.82 Å². The molecule has 1 fully saturated rings. The average Bonchev–Trinajstić information content (AvgIpc) is 2.41. The van der Waals surface area contributed by atoms with Crippen LogP contribution in [0.4, 0.5) is 10.1 Å². The van der Waals surface area contributed by atoms with E-state index >= 15 is 0 Å². The van der Waals surface area contributed by atoms with Gasteiger partial charge in [0.05, 0.1) is 11.0 Å². The third-order valence-electron chi connectivity index (χ3n) is 3.07. The summed E-state index contributed by atoms with van der Waals surface area (Å²) in [7, 11) is 0. The van der Waals surface area contributed by atoms with Gasteiger partial charge in [-0.15, -0.1) is 0 Å². The van der Waals surface area contributed by atoms with Gasteiger partial charge in [0.15, 0.2) is 0 Å². The Morgan fingerprint density at radius 2 is 2.06 bits per heavy atom. The second-order valence-electron chi connectivity index (χ2n) is 4.42. The van der Waals surface area contributed by atoms with E-state index in [0.29, 0.717) is 4.47 Å². The Balaban J connectivity index is 1.86. The van der Waals surface area contributed by atoms with E-state index in [9.17, 15) is 9.18 Å². The lowest BCUT2D eigenvalue weighted by Crippen LogP contribution is -2.39. The highest BCUT2D eigenvalue weighted by atomic mass is 79.9. The van der Waals surface area contributed by atoms with E-state index in [1.165, 1.54) is 12.5 Å². The smallest absolute Gasteiger partial charge is 0.241 e. The molecule has 0 atom stereocenters. The van der Waals surface area contributed by atoms with Crippen LogP contribution in [0.5, 0.6) is 0 Å². The predicted octanol–water partition coefficient (Wildman–Crippen LogP) is 3.01. The number of nitrogens with one attached hydrogen (secondary N) is 1. The number of benzene rings is 1. The number of amides is 1. The lowest BCUT2D eigenvalue weighted by molar-refractivity contribution is -0.130. The molecule has 1 heterocycles. The molecule has 1 N–H and O–H groups in total. The summed E-state index contributed by atoms with van der Waals surface area (Å²) in [6, 6.07) is 4.64. The summed E-state index contributed by atoms with van der Waals surface area (Å²) < 4.78 is 13.4. The molecular formula is C13H16BrFN2O. The first kappa shape index (κ1) is 13.3. The van der Waals surface area contributed by atoms with E-state index in [2.05, 4.69) is 21.2 Å². The SMILES string of the molecule is O=C(CNc1ccc(F)c(Br)c1)N1CCCCC1. The van der Waals surface area contributed by atoms with Crippen molar-refractivity contribution in [2.45, 2.75) is 19.3 Å². The number of carbonyl (C=O) groups excluding carboxylic acids is 1. The van der Waals surface area contributed by atoms with Crippen molar-refractivity contribution in [2.24, 2.45) is 0 Å². The molecule has 5 heteroatoms. The van der Waals surface area contributed by atoms with Crippen LogP contribution in [0.15, 0.2) is 22.7 Å². The van der Waals surface area contributed by atoms with Crippen LogP contribution in [0.25, 0.3) is 0 Å². The number of carbonyl (C=O) groups is 1. The fourth-order valence-electron chi connectivity index (χ4n) is 2.04. The Morgan fingerprint density at radius 1 is 1.33 bits per heavy atom. The van der Waals surface area contributed by atoms with Crippen LogP contribution in [0.2, 0.25) is 0 Å². The molecule has 1 aromatic rings. The van der Waals surface area contributed by atoms with Crippen molar-refractivity contribution in [2.75, 3.05) is 25.0 Å². The van der Waals surface area contributed by atoms with Gasteiger partial charge in [0.1, 0.15) is 5.82 Å². The molecule has 1 saturated heterocycles. The van der Waals surface area contributed by atoms with Crippen LogP contribution in [-0.4, -0.2) is 30.4 Å². The Bertz CT molecular complexity index is 433. The molecule has 2 rings (SSSR count). The van der Waals surface area contributed by atoms with Gasteiger partial charge in [0.25, 0.3) is 0 Å². The first-order valence-corrected chi connectivity index (χ1v) is 6.93. The van der Waals surface area contributed by atoms with Crippen LogP contribution in [0.3, 0.4) is 0 Å². The largest absolute Gasteiger partial charge is 0.376 e. The van der Waals surface area contributed by atoms with Crippen LogP contribution >= 0.6 is 15.9 Å². The van der Waals surface area contributed by atoms with E-state index < -0.39 is 0 Å². The van der Waals surface area contributed by atoms with Gasteiger partial charge in [0.2, 0.25) is 5.91 Å². The highest BCUT2D eigenvalue weighted by molar-refractivity contribution is 9.10. The van der Waals surface area contributed by atoms with Crippen molar-refractivity contribution in [1.29, 1.82) is 0 Å². The quantitative estimate of drug-likeness (QED) is 0.930. The van der Waals surface area contributed by atoms with Gasteiger partial charge in [-0.1, -0.05) is 0 Å². The third-order valence-corrected chi connectivity index (χ3v) is 3.68. The van der Waals surface area contributed by atoms with Gasteiger partial charge in [-0.2, -0.15) is 0 Å². The fraction of sp³-hybridized carbons (Fsp3) is 0.462. The molecule has 0 bridgehead atoms. The monoisotopic (exact) mass is 314 g/mol. The molecule has 0 saturated carbocycles. The zero-order valence-corrected chi connectivity index (χ0v) is 11.7. The molecule has 0 aliphatic carbocycles. The highest BCUT2D eigenvalue weighted by Gasteiger charge is 2.15. The van der Waals surface area contributed by atoms with Gasteiger partial charge in [0, 0.05) is 18.8 Å². The number of piperidine rings is 1. The van der Waals surface area contributed by atoms with Crippen molar-refractivity contribution in [3.63, 3.8) is 0 Å². The molecule has 1 aliphatic rings. The standard InChI is InChI=1S/C13H16BrFN2O/c14-11-8-10(4-5-12(11)15)16-9-13(18)17-6-2-1-3-7-17/h4-5,8,16H,1-3,6-7,9H2. The number of hydrogen-bond donors (Lipinski definition) is 1. The van der Waals surface area contributed by atoms with Gasteiger partial charge >= 0.3 is 0 Å². The molecule has 1 aromatic carbocycles. The van der Waals surface area contributed by atoms with Gasteiger partial charge < -0.3 is 10.2 Å². The van der Waals surface area contributed by atoms with E-state index in [4.69, 9.17) is 0 Å². The maximum atomic E-state index is 13.0. The summed E-state index contributed by atoms with van der Waals surface area (Å²) in [6.07, 6.45) is 3.39. The number of anilines is 1. The van der Waals surface area contributed by atoms with Crippen LogP contribution in [0.1, 0.15) is 19.3 Å². The molecule has 0 radical (unpaired) electrons. The highest BCUT2D eigenvalue weighted by Crippen LogP contribution is 2.20. The Hall–Kier alpha value is -1.10. The minimum Gasteiger partial charge on any atom is -0.376 e. The maximum Gasteiger partial charge on any atom is 0.241 e. The summed E-state index contributed by atoms with van der Waals surface area (Å²) in [6.45, 7) is 1.97. The van der Waals surface area contributed by atoms with Gasteiger partial charge in [-0.3, -0.25) is 4.79 Å². The topological polar surface area (TPSA) is 32.3 Å². The van der Waals surface area contributed by atoms with Crippen molar-refractivity contribution in [3.8, 4) is 0 Å². The first-order chi connectivity index (χ1) is 8.66. The van der Waals surface area contributed by atoms with Crippen LogP contribution < -0.4 is 5.32 Å². The molecule has 98 valence electrons. The number of halogens is 2. The third kappa shape index (κ3) is 3.45. The lowest BCUT2D eigenvalue weighted by atomic mass is 10.1. The van der Waals surface area contributed by atoms with Crippen molar-refractivity contribution in [1.82, 2.24) is 4.90 Å². The van der Waals surface area contributed by atoms with Crippen LogP contribution in [-0.2, 0) is 4.79 Å². The summed E-state index contributed by atoms with van der Waals surface area (Å²) in [4.78, 5) is 13.8. The molecule has 0 unspecified atom stereocenters. The van der Waals surface area contributed by atoms with E-state index in [1.807, 2.05) is 4.90 Å². The molecule has 1 amide bonds. The molecule has 1 aliphatic heterocycles. The maximum absolute atomic E-state index is 13.0. The van der Waals surface area contributed by atoms with Crippen molar-refractivity contribution < 1.29 is 9.18 Å². The number of likely N-dealkylation sites (tertiary alicyclic amines) is 1. The Labute approximate surface area is 114 Å².